The Morgan fingerprint density at radius 2 is 2.22 bits per heavy atom. The second-order valence-corrected chi connectivity index (χ2v) is 4.86. The van der Waals surface area contributed by atoms with Gasteiger partial charge in [0.15, 0.2) is 0 Å². The first kappa shape index (κ1) is 13.4. The van der Waals surface area contributed by atoms with Gasteiger partial charge in [-0.2, -0.15) is 0 Å². The lowest BCUT2D eigenvalue weighted by Crippen LogP contribution is -2.37. The van der Waals surface area contributed by atoms with Gasteiger partial charge in [0.2, 0.25) is 0 Å². The molecule has 1 aromatic rings. The fraction of sp³-hybridized carbons (Fsp3) is 0.571. The number of hydrogen-bond acceptors (Lipinski definition) is 2. The lowest BCUT2D eigenvalue weighted by atomic mass is 10.0. The van der Waals surface area contributed by atoms with Crippen LogP contribution in [0.15, 0.2) is 18.2 Å². The van der Waals surface area contributed by atoms with E-state index in [1.165, 1.54) is 12.1 Å². The Labute approximate surface area is 107 Å². The van der Waals surface area contributed by atoms with Gasteiger partial charge in [-0.1, -0.05) is 13.0 Å². The molecule has 1 aliphatic rings. The third kappa shape index (κ3) is 2.54. The van der Waals surface area contributed by atoms with Crippen LogP contribution in [0, 0.1) is 11.6 Å². The van der Waals surface area contributed by atoms with Crippen molar-refractivity contribution in [2.45, 2.75) is 38.3 Å². The van der Waals surface area contributed by atoms with Gasteiger partial charge in [0, 0.05) is 24.2 Å². The predicted octanol–water partition coefficient (Wildman–Crippen LogP) is 2.84. The molecule has 0 spiro atoms. The number of nitrogens with two attached hydrogens (primary N) is 1. The SMILES string of the molecule is CCC1CCCN1C(CN)c1ccc(F)cc1F. The fourth-order valence-corrected chi connectivity index (χ4v) is 2.92. The van der Waals surface area contributed by atoms with Crippen molar-refractivity contribution in [1.82, 2.24) is 4.90 Å². The molecule has 2 nitrogen and oxygen atoms in total. The topological polar surface area (TPSA) is 29.3 Å². The van der Waals surface area contributed by atoms with E-state index in [0.29, 0.717) is 18.2 Å². The number of nitrogens with zero attached hydrogens (tertiary/aromatic N) is 1. The van der Waals surface area contributed by atoms with E-state index in [1.54, 1.807) is 0 Å². The minimum absolute atomic E-state index is 0.141. The van der Waals surface area contributed by atoms with Crippen molar-refractivity contribution in [3.8, 4) is 0 Å². The molecule has 100 valence electrons. The maximum Gasteiger partial charge on any atom is 0.130 e. The zero-order valence-corrected chi connectivity index (χ0v) is 10.7. The average molecular weight is 254 g/mol. The molecule has 2 N–H and O–H groups in total. The van der Waals surface area contributed by atoms with Gasteiger partial charge in [-0.15, -0.1) is 0 Å². The highest BCUT2D eigenvalue weighted by molar-refractivity contribution is 5.23. The van der Waals surface area contributed by atoms with Gasteiger partial charge >= 0.3 is 0 Å². The summed E-state index contributed by atoms with van der Waals surface area (Å²) in [5, 5.41) is 0. The third-order valence-electron chi connectivity index (χ3n) is 3.84. The summed E-state index contributed by atoms with van der Waals surface area (Å²) in [7, 11) is 0. The molecular formula is C14H20F2N2. The molecule has 2 rings (SSSR count). The Morgan fingerprint density at radius 1 is 1.44 bits per heavy atom. The quantitative estimate of drug-likeness (QED) is 0.895. The lowest BCUT2D eigenvalue weighted by Gasteiger charge is -2.32. The summed E-state index contributed by atoms with van der Waals surface area (Å²) in [5.41, 5.74) is 6.32. The van der Waals surface area contributed by atoms with Crippen molar-refractivity contribution in [2.75, 3.05) is 13.1 Å². The first-order valence-electron chi connectivity index (χ1n) is 6.58. The molecule has 1 aliphatic heterocycles. The van der Waals surface area contributed by atoms with Gasteiger partial charge in [0.25, 0.3) is 0 Å². The van der Waals surface area contributed by atoms with Crippen LogP contribution in [0.4, 0.5) is 8.78 Å². The van der Waals surface area contributed by atoms with E-state index in [1.807, 2.05) is 0 Å². The van der Waals surface area contributed by atoms with Crippen LogP contribution < -0.4 is 5.73 Å². The highest BCUT2D eigenvalue weighted by atomic mass is 19.1. The molecule has 1 fully saturated rings. The van der Waals surface area contributed by atoms with Gasteiger partial charge in [-0.05, 0) is 31.9 Å². The summed E-state index contributed by atoms with van der Waals surface area (Å²) in [6, 6.07) is 4.08. The predicted molar refractivity (Wildman–Crippen MR) is 68.2 cm³/mol. The number of hydrogen-bond donors (Lipinski definition) is 1. The number of benzene rings is 1. The molecule has 1 heterocycles. The van der Waals surface area contributed by atoms with E-state index in [0.717, 1.165) is 31.9 Å². The zero-order valence-electron chi connectivity index (χ0n) is 10.7. The molecule has 0 amide bonds. The zero-order chi connectivity index (χ0) is 13.1. The maximum absolute atomic E-state index is 13.8. The van der Waals surface area contributed by atoms with Crippen LogP contribution >= 0.6 is 0 Å². The molecule has 0 aromatic heterocycles. The second-order valence-electron chi connectivity index (χ2n) is 4.86. The van der Waals surface area contributed by atoms with Crippen LogP contribution in [-0.4, -0.2) is 24.0 Å². The number of likely N-dealkylation sites (tertiary alicyclic amines) is 1. The van der Waals surface area contributed by atoms with Crippen molar-refractivity contribution < 1.29 is 8.78 Å². The van der Waals surface area contributed by atoms with E-state index in [-0.39, 0.29) is 6.04 Å². The first-order valence-corrected chi connectivity index (χ1v) is 6.58. The summed E-state index contributed by atoms with van der Waals surface area (Å²) >= 11 is 0. The van der Waals surface area contributed by atoms with E-state index < -0.39 is 11.6 Å². The first-order chi connectivity index (χ1) is 8.67. The maximum atomic E-state index is 13.8. The molecule has 1 saturated heterocycles. The van der Waals surface area contributed by atoms with Crippen LogP contribution in [0.1, 0.15) is 37.8 Å². The van der Waals surface area contributed by atoms with Crippen LogP contribution in [0.25, 0.3) is 0 Å². The van der Waals surface area contributed by atoms with Crippen LogP contribution in [0.2, 0.25) is 0 Å². The molecule has 1 aromatic carbocycles. The molecule has 2 atom stereocenters. The second kappa shape index (κ2) is 5.76. The molecule has 0 saturated carbocycles. The highest BCUT2D eigenvalue weighted by Gasteiger charge is 2.31. The minimum Gasteiger partial charge on any atom is -0.329 e. The number of rotatable bonds is 4. The Bertz CT molecular complexity index is 409. The standard InChI is InChI=1S/C14H20F2N2/c1-2-11-4-3-7-18(11)14(9-17)12-6-5-10(15)8-13(12)16/h5-6,8,11,14H,2-4,7,9,17H2,1H3. The van der Waals surface area contributed by atoms with Gasteiger partial charge in [-0.25, -0.2) is 8.78 Å². The Morgan fingerprint density at radius 3 is 2.83 bits per heavy atom. The number of halogens is 2. The summed E-state index contributed by atoms with van der Waals surface area (Å²) in [4.78, 5) is 2.26. The van der Waals surface area contributed by atoms with Crippen molar-refractivity contribution >= 4 is 0 Å². The van der Waals surface area contributed by atoms with Gasteiger partial charge in [0.05, 0.1) is 6.04 Å². The summed E-state index contributed by atoms with van der Waals surface area (Å²) in [6.45, 7) is 3.44. The van der Waals surface area contributed by atoms with Crippen LogP contribution in [-0.2, 0) is 0 Å². The van der Waals surface area contributed by atoms with Crippen LogP contribution in [0.5, 0.6) is 0 Å². The molecular weight excluding hydrogens is 234 g/mol. The normalized spacial score (nSPS) is 22.3. The van der Waals surface area contributed by atoms with E-state index >= 15 is 0 Å². The average Bonchev–Trinajstić information content (AvgIpc) is 2.81. The summed E-state index contributed by atoms with van der Waals surface area (Å²) in [5.74, 6) is -1.03. The molecule has 0 bridgehead atoms. The Kier molecular flexibility index (Phi) is 4.30. The Balaban J connectivity index is 2.27. The molecule has 4 heteroatoms. The van der Waals surface area contributed by atoms with Gasteiger partial charge in [-0.3, -0.25) is 4.90 Å². The van der Waals surface area contributed by atoms with Crippen LogP contribution in [0.3, 0.4) is 0 Å². The molecule has 18 heavy (non-hydrogen) atoms. The van der Waals surface area contributed by atoms with E-state index in [2.05, 4.69) is 11.8 Å². The van der Waals surface area contributed by atoms with E-state index in [4.69, 9.17) is 5.73 Å². The van der Waals surface area contributed by atoms with Crippen molar-refractivity contribution in [3.63, 3.8) is 0 Å². The van der Waals surface area contributed by atoms with Gasteiger partial charge in [0.1, 0.15) is 11.6 Å². The Hall–Kier alpha value is -1.00. The van der Waals surface area contributed by atoms with E-state index in [9.17, 15) is 8.78 Å². The molecule has 0 radical (unpaired) electrons. The van der Waals surface area contributed by atoms with Gasteiger partial charge < -0.3 is 5.73 Å². The van der Waals surface area contributed by atoms with Crippen molar-refractivity contribution in [1.29, 1.82) is 0 Å². The fourth-order valence-electron chi connectivity index (χ4n) is 2.92. The largest absolute Gasteiger partial charge is 0.329 e. The summed E-state index contributed by atoms with van der Waals surface area (Å²) < 4.78 is 26.8. The lowest BCUT2D eigenvalue weighted by molar-refractivity contribution is 0.177. The van der Waals surface area contributed by atoms with Crippen molar-refractivity contribution in [2.24, 2.45) is 5.73 Å². The minimum atomic E-state index is -0.541. The monoisotopic (exact) mass is 254 g/mol. The summed E-state index contributed by atoms with van der Waals surface area (Å²) in [6.07, 6.45) is 3.30. The highest BCUT2D eigenvalue weighted by Crippen LogP contribution is 2.31. The molecule has 0 aliphatic carbocycles. The molecule has 2 unspecified atom stereocenters. The van der Waals surface area contributed by atoms with Crippen molar-refractivity contribution in [3.05, 3.63) is 35.4 Å². The third-order valence-corrected chi connectivity index (χ3v) is 3.84. The smallest absolute Gasteiger partial charge is 0.130 e.